The van der Waals surface area contributed by atoms with Crippen LogP contribution in [0.15, 0.2) is 42.5 Å². The molecule has 230 valence electrons. The Labute approximate surface area is 248 Å². The van der Waals surface area contributed by atoms with Gasteiger partial charge in [0, 0.05) is 32.7 Å². The normalized spacial score (nSPS) is 13.3. The largest absolute Gasteiger partial charge is 0.476 e. The highest BCUT2D eigenvalue weighted by atomic mass is 35.5. The monoisotopic (exact) mass is 625 g/mol. The molecule has 1 aliphatic rings. The first kappa shape index (κ1) is 33.1. The highest BCUT2D eigenvalue weighted by Gasteiger charge is 2.38. The Balaban J connectivity index is 0.000000428. The van der Waals surface area contributed by atoms with E-state index in [0.29, 0.717) is 24.3 Å². The molecule has 3 aromatic rings. The Bertz CT molecular complexity index is 1420. The van der Waals surface area contributed by atoms with Gasteiger partial charge in [-0.2, -0.15) is 13.2 Å². The van der Waals surface area contributed by atoms with Gasteiger partial charge in [-0.3, -0.25) is 9.59 Å². The molecule has 1 fully saturated rings. The van der Waals surface area contributed by atoms with Crippen LogP contribution in [0.4, 0.5) is 23.4 Å². The highest BCUT2D eigenvalue weighted by molar-refractivity contribution is 6.29. The summed E-state index contributed by atoms with van der Waals surface area (Å²) >= 11 is 5.35. The van der Waals surface area contributed by atoms with Gasteiger partial charge in [0.1, 0.15) is 5.82 Å². The molecule has 2 aromatic heterocycles. The summed E-state index contributed by atoms with van der Waals surface area (Å²) in [4.78, 5) is 37.9. The molecule has 0 spiro atoms. The first-order valence-electron chi connectivity index (χ1n) is 13.0. The number of carbonyl (C=O) groups is 3. The van der Waals surface area contributed by atoms with Gasteiger partial charge >= 0.3 is 12.1 Å². The zero-order valence-electron chi connectivity index (χ0n) is 23.1. The van der Waals surface area contributed by atoms with Gasteiger partial charge in [-0.15, -0.1) is 20.4 Å². The third kappa shape index (κ3) is 9.30. The molecule has 1 aliphatic heterocycles. The lowest BCUT2D eigenvalue weighted by molar-refractivity contribution is -0.138. The number of aromatic carboxylic acids is 1. The zero-order valence-corrected chi connectivity index (χ0v) is 23.9. The van der Waals surface area contributed by atoms with Crippen LogP contribution in [0, 0.1) is 11.7 Å². The Hall–Kier alpha value is -4.40. The maximum Gasteiger partial charge on any atom is 0.417 e. The van der Waals surface area contributed by atoms with Crippen molar-refractivity contribution in [3.05, 3.63) is 75.9 Å². The van der Waals surface area contributed by atoms with Crippen molar-refractivity contribution >= 4 is 35.2 Å². The highest BCUT2D eigenvalue weighted by Crippen LogP contribution is 2.34. The van der Waals surface area contributed by atoms with E-state index in [1.807, 2.05) is 0 Å². The van der Waals surface area contributed by atoms with Crippen LogP contribution in [0.1, 0.15) is 57.2 Å². The molecule has 1 saturated heterocycles. The number of nitrogens with one attached hydrogen (secondary N) is 1. The van der Waals surface area contributed by atoms with E-state index in [1.165, 1.54) is 17.0 Å². The smallest absolute Gasteiger partial charge is 0.417 e. The molecule has 16 heteroatoms. The molecule has 0 bridgehead atoms. The molecule has 11 nitrogen and oxygen atoms in total. The van der Waals surface area contributed by atoms with Gasteiger partial charge in [0.05, 0.1) is 11.1 Å². The third-order valence-electron chi connectivity index (χ3n) is 6.17. The topological polar surface area (TPSA) is 142 Å². The number of alkyl halides is 3. The Kier molecular flexibility index (Phi) is 11.3. The molecule has 4 rings (SSSR count). The number of carboxylic acid groups (broad SMARTS) is 1. The summed E-state index contributed by atoms with van der Waals surface area (Å²) in [6.45, 7) is 5.37. The van der Waals surface area contributed by atoms with Crippen LogP contribution in [0.25, 0.3) is 0 Å². The molecule has 3 heterocycles. The number of piperazine rings is 1. The summed E-state index contributed by atoms with van der Waals surface area (Å²) in [6.07, 6.45) is -4.00. The number of halogens is 5. The van der Waals surface area contributed by atoms with Gasteiger partial charge in [-0.1, -0.05) is 31.5 Å². The van der Waals surface area contributed by atoms with E-state index in [0.717, 1.165) is 18.6 Å². The molecule has 1 aromatic carbocycles. The van der Waals surface area contributed by atoms with Crippen LogP contribution in [0.5, 0.6) is 0 Å². The number of benzene rings is 1. The molecule has 0 saturated carbocycles. The molecule has 43 heavy (non-hydrogen) atoms. The Morgan fingerprint density at radius 3 is 2.14 bits per heavy atom. The van der Waals surface area contributed by atoms with E-state index in [1.54, 1.807) is 17.0 Å². The van der Waals surface area contributed by atoms with Crippen molar-refractivity contribution in [1.82, 2.24) is 30.6 Å². The van der Waals surface area contributed by atoms with Crippen molar-refractivity contribution in [2.45, 2.75) is 26.4 Å². The van der Waals surface area contributed by atoms with Crippen molar-refractivity contribution in [1.29, 1.82) is 0 Å². The molecular weight excluding hydrogens is 598 g/mol. The molecule has 0 radical (unpaired) electrons. The fourth-order valence-corrected chi connectivity index (χ4v) is 3.99. The number of amides is 2. The summed E-state index contributed by atoms with van der Waals surface area (Å²) < 4.78 is 53.9. The molecule has 0 unspecified atom stereocenters. The standard InChI is InChI=1S/C22H25F4N5O2.C5H3ClN2O2/c1-14(2)8-9-27-20(32)17-6-7-18(29-28-17)30-10-12-31(13-11-30)21(33)19-15(22(24,25)26)4-3-5-16(19)23;6-4-2-1-3(5(9)10)7-8-4/h3-7,14H,8-13H2,1-2H3,(H,27,32);1-2H,(H,9,10). The van der Waals surface area contributed by atoms with Gasteiger partial charge in [0.15, 0.2) is 22.4 Å². The zero-order chi connectivity index (χ0) is 31.7. The molecule has 2 amide bonds. The number of aromatic nitrogens is 4. The SMILES string of the molecule is CC(C)CCNC(=O)c1ccc(N2CCN(C(=O)c3c(F)cccc3C(F)(F)F)CC2)nn1.O=C(O)c1ccc(Cl)nn1. The number of carboxylic acids is 1. The summed E-state index contributed by atoms with van der Waals surface area (Å²) in [5, 5.41) is 25.9. The van der Waals surface area contributed by atoms with Crippen LogP contribution in [-0.2, 0) is 6.18 Å². The molecule has 2 N–H and O–H groups in total. The fourth-order valence-electron chi connectivity index (χ4n) is 3.88. The number of hydrogen-bond acceptors (Lipinski definition) is 8. The second-order valence-electron chi connectivity index (χ2n) is 9.70. The van der Waals surface area contributed by atoms with Crippen molar-refractivity contribution in [3.63, 3.8) is 0 Å². The number of carbonyl (C=O) groups excluding carboxylic acids is 2. The van der Waals surface area contributed by atoms with E-state index in [2.05, 4.69) is 39.6 Å². The molecule has 0 atom stereocenters. The number of anilines is 1. The van der Waals surface area contributed by atoms with E-state index in [9.17, 15) is 31.9 Å². The van der Waals surface area contributed by atoms with Gasteiger partial charge < -0.3 is 20.2 Å². The first-order chi connectivity index (χ1) is 20.3. The predicted molar refractivity (Wildman–Crippen MR) is 147 cm³/mol. The molecular formula is C27H28ClF4N7O4. The average molecular weight is 626 g/mol. The minimum absolute atomic E-state index is 0.0869. The van der Waals surface area contributed by atoms with Crippen molar-refractivity contribution in [3.8, 4) is 0 Å². The average Bonchev–Trinajstić information content (AvgIpc) is 2.97. The summed E-state index contributed by atoms with van der Waals surface area (Å²) in [5.41, 5.74) is -2.19. The lowest BCUT2D eigenvalue weighted by Crippen LogP contribution is -2.49. The second kappa shape index (κ2) is 14.7. The molecule has 0 aliphatic carbocycles. The van der Waals surface area contributed by atoms with Crippen LogP contribution in [0.3, 0.4) is 0 Å². The Morgan fingerprint density at radius 2 is 1.60 bits per heavy atom. The lowest BCUT2D eigenvalue weighted by Gasteiger charge is -2.35. The van der Waals surface area contributed by atoms with Crippen LogP contribution < -0.4 is 10.2 Å². The van der Waals surface area contributed by atoms with Crippen molar-refractivity contribution in [2.75, 3.05) is 37.6 Å². The Morgan fingerprint density at radius 1 is 0.953 bits per heavy atom. The van der Waals surface area contributed by atoms with Crippen LogP contribution in [0.2, 0.25) is 5.15 Å². The number of nitrogens with zero attached hydrogens (tertiary/aromatic N) is 6. The minimum Gasteiger partial charge on any atom is -0.476 e. The van der Waals surface area contributed by atoms with Gasteiger partial charge in [-0.05, 0) is 48.7 Å². The quantitative estimate of drug-likeness (QED) is 0.370. The number of hydrogen-bond donors (Lipinski definition) is 2. The van der Waals surface area contributed by atoms with Crippen LogP contribution >= 0.6 is 11.6 Å². The van der Waals surface area contributed by atoms with E-state index >= 15 is 0 Å². The third-order valence-corrected chi connectivity index (χ3v) is 6.37. The van der Waals surface area contributed by atoms with Gasteiger partial charge in [0.25, 0.3) is 11.8 Å². The maximum absolute atomic E-state index is 14.1. The summed E-state index contributed by atoms with van der Waals surface area (Å²) in [7, 11) is 0. The minimum atomic E-state index is -4.84. The van der Waals surface area contributed by atoms with Crippen molar-refractivity contribution in [2.24, 2.45) is 5.92 Å². The second-order valence-corrected chi connectivity index (χ2v) is 10.1. The van der Waals surface area contributed by atoms with Crippen molar-refractivity contribution < 1.29 is 37.1 Å². The fraction of sp³-hybridized carbons (Fsp3) is 0.370. The maximum atomic E-state index is 14.1. The van der Waals surface area contributed by atoms with E-state index < -0.39 is 35.0 Å². The van der Waals surface area contributed by atoms with Gasteiger partial charge in [0.2, 0.25) is 0 Å². The first-order valence-corrected chi connectivity index (χ1v) is 13.4. The summed E-state index contributed by atoms with van der Waals surface area (Å²) in [5.74, 6) is -2.70. The van der Waals surface area contributed by atoms with E-state index in [4.69, 9.17) is 16.7 Å². The van der Waals surface area contributed by atoms with E-state index in [-0.39, 0.29) is 48.6 Å². The van der Waals surface area contributed by atoms with Crippen LogP contribution in [-0.4, -0.2) is 80.9 Å². The predicted octanol–water partition coefficient (Wildman–Crippen LogP) is 4.20. The van der Waals surface area contributed by atoms with Gasteiger partial charge in [-0.25, -0.2) is 9.18 Å². The lowest BCUT2D eigenvalue weighted by atomic mass is 10.0. The number of rotatable bonds is 7. The summed E-state index contributed by atoms with van der Waals surface area (Å²) in [6, 6.07) is 8.30.